The van der Waals surface area contributed by atoms with Gasteiger partial charge >= 0.3 is 5.97 Å². The molecule has 0 saturated carbocycles. The number of hydrogen-bond donors (Lipinski definition) is 7. The predicted octanol–water partition coefficient (Wildman–Crippen LogP) is 18.3. The van der Waals surface area contributed by atoms with E-state index in [4.69, 9.17) is 15.2 Å². The van der Waals surface area contributed by atoms with E-state index in [1.807, 2.05) is 177 Å². The first-order chi connectivity index (χ1) is 59.7. The number of hydrogen-bond acceptors (Lipinski definition) is 17. The largest absolute Gasteiger partial charge is 0.378 e. The summed E-state index contributed by atoms with van der Waals surface area (Å²) in [7, 11) is 0. The number of carbonyl (C=O) groups is 12. The van der Waals surface area contributed by atoms with Gasteiger partial charge in [0.15, 0.2) is 0 Å². The zero-order chi connectivity index (χ0) is 92.4. The van der Waals surface area contributed by atoms with Crippen LogP contribution in [0.2, 0.25) is 0 Å². The summed E-state index contributed by atoms with van der Waals surface area (Å²) < 4.78 is 10.6. The van der Waals surface area contributed by atoms with Crippen molar-refractivity contribution >= 4 is 121 Å². The van der Waals surface area contributed by atoms with Crippen LogP contribution in [-0.4, -0.2) is 115 Å². The van der Waals surface area contributed by atoms with Gasteiger partial charge < -0.3 is 61.5 Å². The highest BCUT2D eigenvalue weighted by Gasteiger charge is 2.33. The SMILES string of the molecule is CC(=O)CCC(=O)Nc1ccc(C)cc1.CC(=O)CCC(=O)Nc1ccc(C)cc1.CCC(=O)Nc1ccc(C)cc1.CCC(=O)Nc1ccc(C)cc1.Cc1ccc(C)cc1.Cc1ccc(N2C(=O)C=CC2=O)cc1.Cc1ccc(NC(=O)CCC(=O)ON2C(=O)CCC2=O)cc1.Cc1ccccc1CBr.Cc1ccccc1CNCCOCCOCCN. The molecule has 9 aromatic rings. The van der Waals surface area contributed by atoms with Crippen molar-refractivity contribution < 1.29 is 71.8 Å². The van der Waals surface area contributed by atoms with Gasteiger partial charge in [-0.15, -0.1) is 5.06 Å². The van der Waals surface area contributed by atoms with Crippen LogP contribution < -0.4 is 42.5 Å². The van der Waals surface area contributed by atoms with Crippen molar-refractivity contribution in [2.75, 3.05) is 71.0 Å². The number of nitrogens with zero attached hydrogens (tertiary/aromatic N) is 2. The van der Waals surface area contributed by atoms with Crippen LogP contribution in [0.3, 0.4) is 0 Å². The van der Waals surface area contributed by atoms with Crippen molar-refractivity contribution in [3.8, 4) is 0 Å². The Morgan fingerprint density at radius 1 is 0.368 bits per heavy atom. The van der Waals surface area contributed by atoms with Crippen molar-refractivity contribution in [2.24, 2.45) is 5.73 Å². The molecule has 8 N–H and O–H groups in total. The standard InChI is InChI=1S/C15H16N2O5.C14H24N2O2.2C12H15NO2.C11H9NO2.2C10H13NO.C8H9Br.C8H10/c1-10-2-4-11(5-3-10)16-12(18)6-9-15(21)22-17-13(19)7-8-14(17)20;1-13-4-2-3-5-14(13)12-16-7-9-18-11-10-17-8-6-15;2*1-9-3-6-11(7-4-9)13-12(15)8-5-10(2)14;1-8-2-4-9(5-3-8)12-10(13)6-7-11(12)14;2*1-3-10(12)11-9-6-4-8(2)5-7-9;1-7-4-2-3-5-8(7)6-9;1-7-3-5-8(2)6-4-7/h2-5H,6-9H2,1H3,(H,16,18);2-5,16H,6-12,15H2,1H3;2*3-4,6-7H,5,8H2,1-2H3,(H,13,15);2-7H,1H3;2*4-7H,3H2,1-2H3,(H,11,12);2-5H,6H2,1H3;3-6H,1-2H3. The molecule has 2 aliphatic heterocycles. The molecule has 0 atom stereocenters. The Morgan fingerprint density at radius 2 is 0.664 bits per heavy atom. The second kappa shape index (κ2) is 61.7. The van der Waals surface area contributed by atoms with Gasteiger partial charge in [-0.3, -0.25) is 43.2 Å². The molecular formula is C100H124BrN9O15. The van der Waals surface area contributed by atoms with Crippen LogP contribution in [0.1, 0.15) is 159 Å². The smallest absolute Gasteiger partial charge is 0.333 e. The van der Waals surface area contributed by atoms with E-state index in [2.05, 4.69) is 153 Å². The van der Waals surface area contributed by atoms with Gasteiger partial charge in [0.25, 0.3) is 23.6 Å². The molecule has 9 amide bonds. The number of ketones is 2. The molecule has 11 rings (SSSR count). The molecule has 0 radical (unpaired) electrons. The molecule has 1 saturated heterocycles. The monoisotopic (exact) mass is 1770 g/mol. The second-order valence-corrected chi connectivity index (χ2v) is 29.8. The minimum Gasteiger partial charge on any atom is -0.378 e. The van der Waals surface area contributed by atoms with Crippen molar-refractivity contribution in [1.82, 2.24) is 10.4 Å². The van der Waals surface area contributed by atoms with E-state index in [-0.39, 0.29) is 91.4 Å². The highest BCUT2D eigenvalue weighted by atomic mass is 79.9. The summed E-state index contributed by atoms with van der Waals surface area (Å²) in [4.78, 5) is 140. The number of carbonyl (C=O) groups excluding carboxylic acids is 12. The van der Waals surface area contributed by atoms with Gasteiger partial charge in [-0.05, 0) is 178 Å². The molecule has 2 aliphatic rings. The third-order valence-corrected chi connectivity index (χ3v) is 18.4. The lowest BCUT2D eigenvalue weighted by atomic mass is 10.1. The first kappa shape index (κ1) is 107. The van der Waals surface area contributed by atoms with E-state index in [0.717, 1.165) is 68.3 Å². The van der Waals surface area contributed by atoms with E-state index < -0.39 is 17.8 Å². The van der Waals surface area contributed by atoms with E-state index in [9.17, 15) is 57.5 Å². The average Bonchev–Trinajstić information content (AvgIpc) is 1.70. The topological polar surface area (TPSA) is 337 Å². The molecule has 0 bridgehead atoms. The number of benzene rings is 9. The number of nitrogens with two attached hydrogens (primary N) is 1. The van der Waals surface area contributed by atoms with Crippen molar-refractivity contribution in [3.63, 3.8) is 0 Å². The Balaban J connectivity index is 0.000000368. The van der Waals surface area contributed by atoms with Gasteiger partial charge in [0, 0.05) is 123 Å². The number of hydroxylamine groups is 2. The molecule has 24 nitrogen and oxygen atoms in total. The summed E-state index contributed by atoms with van der Waals surface area (Å²) in [5.74, 6) is -2.82. The summed E-state index contributed by atoms with van der Waals surface area (Å²) in [5.41, 5.74) is 24.7. The van der Waals surface area contributed by atoms with Crippen LogP contribution in [0.5, 0.6) is 0 Å². The van der Waals surface area contributed by atoms with Crippen molar-refractivity contribution in [1.29, 1.82) is 0 Å². The Morgan fingerprint density at radius 3 is 0.968 bits per heavy atom. The summed E-state index contributed by atoms with van der Waals surface area (Å²) in [6, 6.07) is 70.4. The van der Waals surface area contributed by atoms with Crippen LogP contribution >= 0.6 is 15.9 Å². The van der Waals surface area contributed by atoms with Crippen molar-refractivity contribution in [3.05, 3.63) is 297 Å². The van der Waals surface area contributed by atoms with Gasteiger partial charge in [-0.1, -0.05) is 220 Å². The summed E-state index contributed by atoms with van der Waals surface area (Å²) >= 11 is 3.41. The normalized spacial score (nSPS) is 11.2. The zero-order valence-corrected chi connectivity index (χ0v) is 76.2. The zero-order valence-electron chi connectivity index (χ0n) is 74.6. The van der Waals surface area contributed by atoms with Gasteiger partial charge in [0.1, 0.15) is 11.6 Å². The second-order valence-electron chi connectivity index (χ2n) is 29.2. The van der Waals surface area contributed by atoms with Gasteiger partial charge in [-0.25, -0.2) is 9.69 Å². The third-order valence-electron chi connectivity index (χ3n) is 17.8. The van der Waals surface area contributed by atoms with Gasteiger partial charge in [-0.2, -0.15) is 0 Å². The van der Waals surface area contributed by atoms with E-state index in [1.54, 1.807) is 24.3 Å². The van der Waals surface area contributed by atoms with Crippen LogP contribution in [0.25, 0.3) is 0 Å². The molecule has 9 aromatic carbocycles. The fraction of sp³-hybridized carbons (Fsp3) is 0.320. The van der Waals surface area contributed by atoms with Gasteiger partial charge in [0.2, 0.25) is 29.5 Å². The van der Waals surface area contributed by atoms with E-state index in [0.29, 0.717) is 75.1 Å². The number of amides is 9. The molecule has 25 heteroatoms. The quantitative estimate of drug-likeness (QED) is 0.0130. The number of Topliss-reactive ketones (excluding diaryl/α,β-unsaturated/α-hetero) is 2. The number of nitrogens with one attached hydrogen (secondary N) is 6. The predicted molar refractivity (Wildman–Crippen MR) is 502 cm³/mol. The number of imide groups is 2. The highest BCUT2D eigenvalue weighted by molar-refractivity contribution is 9.08. The summed E-state index contributed by atoms with van der Waals surface area (Å²) in [6.07, 6.45) is 4.49. The number of alkyl halides is 1. The lowest BCUT2D eigenvalue weighted by Crippen LogP contribution is -2.32. The van der Waals surface area contributed by atoms with Crippen LogP contribution in [0.4, 0.5) is 34.1 Å². The Hall–Kier alpha value is -12.5. The molecule has 1 fully saturated rings. The minimum atomic E-state index is -0.789. The van der Waals surface area contributed by atoms with Crippen LogP contribution in [-0.2, 0) is 83.7 Å². The lowest BCUT2D eigenvalue weighted by Gasteiger charge is -2.13. The molecule has 0 aliphatic carbocycles. The third kappa shape index (κ3) is 48.8. The summed E-state index contributed by atoms with van der Waals surface area (Å²) in [6.45, 7) is 31.9. The molecule has 125 heavy (non-hydrogen) atoms. The highest BCUT2D eigenvalue weighted by Crippen LogP contribution is 2.21. The molecule has 2 heterocycles. The minimum absolute atomic E-state index is 0.0362. The molecule has 0 unspecified atom stereocenters. The maximum atomic E-state index is 11.7. The van der Waals surface area contributed by atoms with Crippen molar-refractivity contribution in [2.45, 2.75) is 173 Å². The first-order valence-electron chi connectivity index (χ1n) is 41.5. The molecule has 0 spiro atoms. The fourth-order valence-electron chi connectivity index (χ4n) is 10.3. The Kier molecular flexibility index (Phi) is 52.7. The summed E-state index contributed by atoms with van der Waals surface area (Å²) in [5, 5.41) is 18.5. The van der Waals surface area contributed by atoms with E-state index >= 15 is 0 Å². The fourth-order valence-corrected chi connectivity index (χ4v) is 10.9. The molecular weight excluding hydrogens is 1650 g/mol. The van der Waals surface area contributed by atoms with Crippen LogP contribution in [0, 0.1) is 69.2 Å². The Bertz CT molecular complexity index is 4660. The number of rotatable bonds is 29. The number of aryl methyl sites for hydroxylation is 10. The van der Waals surface area contributed by atoms with E-state index in [1.165, 1.54) is 70.5 Å². The molecule has 0 aromatic heterocycles. The maximum Gasteiger partial charge on any atom is 0.333 e. The molecule has 666 valence electrons. The average molecular weight is 1770 g/mol. The lowest BCUT2D eigenvalue weighted by molar-refractivity contribution is -0.197. The van der Waals surface area contributed by atoms with Gasteiger partial charge in [0.05, 0.1) is 38.5 Å². The first-order valence-corrected chi connectivity index (χ1v) is 42.6. The Labute approximate surface area is 745 Å². The van der Waals surface area contributed by atoms with Crippen LogP contribution in [0.15, 0.2) is 231 Å². The number of ether oxygens (including phenoxy) is 2. The number of anilines is 6. The number of halogens is 1. The maximum absolute atomic E-state index is 11.7.